The Balaban J connectivity index is -0.000000619. The summed E-state index contributed by atoms with van der Waals surface area (Å²) >= 11 is 1.47. The molecular weight excluding hydrogens is 1060 g/mol. The molecule has 0 saturated heterocycles. The second-order valence-electron chi connectivity index (χ2n) is 19.9. The molecule has 0 aliphatic heterocycles. The van der Waals surface area contributed by atoms with Crippen LogP contribution in [0, 0.1) is 0 Å². The number of rotatable bonds is 54. The molecule has 0 aromatic carbocycles. The highest BCUT2D eigenvalue weighted by Gasteiger charge is 2.13. The van der Waals surface area contributed by atoms with Gasteiger partial charge in [0.15, 0.2) is 0 Å². The summed E-state index contributed by atoms with van der Waals surface area (Å²) in [7, 11) is 1.93. The zero-order valence-electron chi connectivity index (χ0n) is 54.0. The van der Waals surface area contributed by atoms with E-state index in [0.29, 0.717) is 64.7 Å². The number of carbonyl (C=O) groups is 4. The summed E-state index contributed by atoms with van der Waals surface area (Å²) in [4.78, 5) is 46.7. The van der Waals surface area contributed by atoms with Crippen LogP contribution < -0.4 is 54.0 Å². The van der Waals surface area contributed by atoms with Gasteiger partial charge >= 0.3 is 0 Å². The highest BCUT2D eigenvalue weighted by atomic mass is 32.2. The van der Waals surface area contributed by atoms with E-state index >= 15 is 0 Å². The standard InChI is InChI=1S/C43H83N7O6.C7H15N.C6H15NO.C5H8OS.C2H7N/c1-7-9-25-46-39(6)40(50-38(5)34-55-30-8-2)22-12-16-26-45-37(4)21-19-24-42(52)47-27-14-10-17-32-56-35-43(53)49-29-33-54-31-18-13-23-41(51)48-28-15-11-20-36(3)44;1-4-6-8-7(3)5-2;1-3-5-8-6-4-7-2;1-5(2)7-4-3-6;1-2-3/h36,40,45-46,50H,4-35,44H2,1-3H3,(H,47,52)(H,48,51)(H,49,53);8H,3-6H2,1-2H3;7H,3-6H2,1-2H3;3H,1,4H2,2H3;2-3H2,1H3. The number of ether oxygens (including phenoxy) is 4. The molecule has 0 rings (SSSR count). The number of unbranched alkanes of at least 4 members (excludes halogenated alkanes) is 6. The van der Waals surface area contributed by atoms with Crippen LogP contribution in [0.15, 0.2) is 60.6 Å². The van der Waals surface area contributed by atoms with Crippen molar-refractivity contribution in [2.75, 3.05) is 118 Å². The summed E-state index contributed by atoms with van der Waals surface area (Å²) in [5, 5.41) is 25.3. The Labute approximate surface area is 506 Å². The van der Waals surface area contributed by atoms with Crippen LogP contribution in [-0.2, 0) is 38.1 Å². The van der Waals surface area contributed by atoms with Crippen LogP contribution in [0.3, 0.4) is 0 Å². The molecule has 0 fully saturated rings. The van der Waals surface area contributed by atoms with Crippen LogP contribution in [0.4, 0.5) is 0 Å². The van der Waals surface area contributed by atoms with Gasteiger partial charge < -0.3 is 77.7 Å². The smallest absolute Gasteiger partial charge is 0.246 e. The van der Waals surface area contributed by atoms with Crippen molar-refractivity contribution in [2.24, 2.45) is 11.5 Å². The fourth-order valence-corrected chi connectivity index (χ4v) is 6.98. The number of hydrogen-bond acceptors (Lipinski definition) is 16. The lowest BCUT2D eigenvalue weighted by Crippen LogP contribution is -2.37. The van der Waals surface area contributed by atoms with Gasteiger partial charge in [-0.1, -0.05) is 87.3 Å². The van der Waals surface area contributed by atoms with E-state index in [-0.39, 0.29) is 36.4 Å². The van der Waals surface area contributed by atoms with Crippen LogP contribution in [0.2, 0.25) is 0 Å². The first-order chi connectivity index (χ1) is 39.5. The molecule has 3 amide bonds. The molecule has 12 N–H and O–H groups in total. The van der Waals surface area contributed by atoms with Gasteiger partial charge in [0.25, 0.3) is 0 Å². The molecule has 0 radical (unpaired) electrons. The number of carbonyl (C=O) groups excluding carboxylic acids is 4. The summed E-state index contributed by atoms with van der Waals surface area (Å²) in [6.07, 6.45) is 20.1. The second kappa shape index (κ2) is 73.2. The lowest BCUT2D eigenvalue weighted by Gasteiger charge is -2.24. The van der Waals surface area contributed by atoms with Crippen molar-refractivity contribution in [2.45, 2.75) is 202 Å². The van der Waals surface area contributed by atoms with E-state index in [1.807, 2.05) is 27.8 Å². The summed E-state index contributed by atoms with van der Waals surface area (Å²) < 4.78 is 21.8. The van der Waals surface area contributed by atoms with E-state index in [2.05, 4.69) is 110 Å². The average Bonchev–Trinajstić information content (AvgIpc) is 3.44. The number of nitrogens with one attached hydrogen (secondary N) is 8. The molecule has 0 aliphatic rings. The minimum Gasteiger partial charge on any atom is -0.389 e. The lowest BCUT2D eigenvalue weighted by molar-refractivity contribution is -0.126. The highest BCUT2D eigenvalue weighted by Crippen LogP contribution is 2.11. The van der Waals surface area contributed by atoms with E-state index in [1.165, 1.54) is 18.2 Å². The molecular formula is C63H128N10O8S. The second-order valence-corrected chi connectivity index (χ2v) is 21.3. The van der Waals surface area contributed by atoms with Gasteiger partial charge in [0.2, 0.25) is 17.7 Å². The van der Waals surface area contributed by atoms with Gasteiger partial charge in [-0.25, -0.2) is 0 Å². The molecule has 0 spiro atoms. The molecule has 0 aromatic heterocycles. The van der Waals surface area contributed by atoms with Crippen LogP contribution in [-0.4, -0.2) is 154 Å². The molecule has 0 aliphatic carbocycles. The van der Waals surface area contributed by atoms with Gasteiger partial charge in [-0.2, -0.15) is 0 Å². The Bertz CT molecular complexity index is 1500. The predicted octanol–water partition coefficient (Wildman–Crippen LogP) is 9.43. The van der Waals surface area contributed by atoms with Crippen molar-refractivity contribution in [1.29, 1.82) is 0 Å². The van der Waals surface area contributed by atoms with E-state index in [4.69, 9.17) is 30.4 Å². The van der Waals surface area contributed by atoms with Crippen molar-refractivity contribution >= 4 is 35.8 Å². The van der Waals surface area contributed by atoms with Gasteiger partial charge in [-0.15, -0.1) is 11.8 Å². The molecule has 0 saturated carbocycles. The molecule has 82 heavy (non-hydrogen) atoms. The molecule has 19 heteroatoms. The SMILES string of the molecule is C=C(C)SCC=O.C=C(CC)NCCC.C=C(CCCC(=O)NCCCCCOCC(=O)NCCOCCCCC(=O)NCCCCC(C)N)NCCCCC(NC(=C)COCCC)C(=C)NCCCC.CCCOCCNC.CCN. The summed E-state index contributed by atoms with van der Waals surface area (Å²) in [6.45, 7) is 47.1. The van der Waals surface area contributed by atoms with Crippen molar-refractivity contribution in [1.82, 2.24) is 42.5 Å². The monoisotopic (exact) mass is 1180 g/mol. The Hall–Kier alpha value is -3.95. The van der Waals surface area contributed by atoms with Crippen molar-refractivity contribution in [3.8, 4) is 0 Å². The first-order valence-corrected chi connectivity index (χ1v) is 32.1. The molecule has 18 nitrogen and oxygen atoms in total. The molecule has 0 bridgehead atoms. The minimum absolute atomic E-state index is 0.0220. The topological polar surface area (TPSA) is 253 Å². The Morgan fingerprint density at radius 3 is 1.61 bits per heavy atom. The lowest BCUT2D eigenvalue weighted by atomic mass is 10.1. The number of nitrogens with two attached hydrogens (primary N) is 2. The molecule has 0 aromatic rings. The Morgan fingerprint density at radius 1 is 0.512 bits per heavy atom. The van der Waals surface area contributed by atoms with Gasteiger partial charge in [-0.05, 0) is 141 Å². The maximum atomic E-state index is 12.3. The predicted molar refractivity (Wildman–Crippen MR) is 351 cm³/mol. The largest absolute Gasteiger partial charge is 0.389 e. The molecule has 484 valence electrons. The third kappa shape index (κ3) is 80.3. The van der Waals surface area contributed by atoms with Crippen LogP contribution in [0.1, 0.15) is 190 Å². The third-order valence-electron chi connectivity index (χ3n) is 11.2. The molecule has 2 atom stereocenters. The van der Waals surface area contributed by atoms with E-state index in [0.717, 1.165) is 202 Å². The van der Waals surface area contributed by atoms with E-state index in [9.17, 15) is 19.2 Å². The summed E-state index contributed by atoms with van der Waals surface area (Å²) in [6, 6.07) is 0.320. The van der Waals surface area contributed by atoms with Crippen molar-refractivity contribution in [3.63, 3.8) is 0 Å². The van der Waals surface area contributed by atoms with Crippen LogP contribution in [0.25, 0.3) is 0 Å². The summed E-state index contributed by atoms with van der Waals surface area (Å²) in [5.74, 6) is 0.510. The fourth-order valence-electron chi connectivity index (χ4n) is 6.62. The van der Waals surface area contributed by atoms with Gasteiger partial charge in [0.05, 0.1) is 31.6 Å². The molecule has 0 heterocycles. The van der Waals surface area contributed by atoms with Gasteiger partial charge in [0.1, 0.15) is 12.9 Å². The number of likely N-dealkylation sites (N-methyl/N-ethyl adjacent to an activating group) is 1. The maximum absolute atomic E-state index is 12.3. The normalized spacial score (nSPS) is 10.9. The number of hydrogen-bond donors (Lipinski definition) is 10. The quantitative estimate of drug-likeness (QED) is 0.0201. The van der Waals surface area contributed by atoms with Crippen LogP contribution in [0.5, 0.6) is 0 Å². The van der Waals surface area contributed by atoms with Gasteiger partial charge in [0, 0.05) is 114 Å². The fraction of sp³-hybridized carbons (Fsp3) is 0.778. The number of thioether (sulfide) groups is 1. The van der Waals surface area contributed by atoms with Gasteiger partial charge in [-0.3, -0.25) is 14.4 Å². The first-order valence-electron chi connectivity index (χ1n) is 31.1. The minimum atomic E-state index is -0.165. The molecule has 2 unspecified atom stereocenters. The third-order valence-corrected chi connectivity index (χ3v) is 12.0. The summed E-state index contributed by atoms with van der Waals surface area (Å²) in [5.41, 5.74) is 14.6. The highest BCUT2D eigenvalue weighted by molar-refractivity contribution is 8.03. The zero-order valence-corrected chi connectivity index (χ0v) is 54.8. The Morgan fingerprint density at radius 2 is 1.04 bits per heavy atom. The number of aldehydes is 1. The zero-order chi connectivity index (χ0) is 62.5. The number of amides is 3. The van der Waals surface area contributed by atoms with E-state index in [1.54, 1.807) is 0 Å². The van der Waals surface area contributed by atoms with E-state index < -0.39 is 0 Å². The number of allylic oxidation sites excluding steroid dienone is 3. The Kier molecular flexibility index (Phi) is 77.5. The first kappa shape index (κ1) is 86.8. The van der Waals surface area contributed by atoms with Crippen molar-refractivity contribution in [3.05, 3.63) is 60.6 Å². The van der Waals surface area contributed by atoms with Crippen LogP contribution >= 0.6 is 11.8 Å². The average molecular weight is 1190 g/mol. The van der Waals surface area contributed by atoms with Crippen molar-refractivity contribution < 1.29 is 38.1 Å². The maximum Gasteiger partial charge on any atom is 0.246 e.